The molecule has 2 bridgehead atoms. The van der Waals surface area contributed by atoms with Crippen LogP contribution in [0.3, 0.4) is 0 Å². The Morgan fingerprint density at radius 1 is 1.13 bits per heavy atom. The van der Waals surface area contributed by atoms with Crippen LogP contribution in [0.15, 0.2) is 61.2 Å². The third kappa shape index (κ3) is 2.96. The van der Waals surface area contributed by atoms with Crippen LogP contribution in [0, 0.1) is 16.7 Å². The molecule has 3 fully saturated rings. The third-order valence-electron chi connectivity index (χ3n) is 10.5. The summed E-state index contributed by atoms with van der Waals surface area (Å²) in [5, 5.41) is 14.1. The molecule has 2 aromatic carbocycles. The van der Waals surface area contributed by atoms with E-state index in [9.17, 15) is 14.7 Å². The van der Waals surface area contributed by atoms with Crippen LogP contribution in [0.5, 0.6) is 0 Å². The van der Waals surface area contributed by atoms with Crippen LogP contribution in [0.25, 0.3) is 5.57 Å². The fourth-order valence-electron chi connectivity index (χ4n) is 8.38. The minimum atomic E-state index is -1.53. The Bertz CT molecular complexity index is 1320. The Balaban J connectivity index is 1.30. The standard InChI is InChI=1S/C32H37NO5/c1-6-12-25(34)33-26(20-13-8-7-9-14-20)27(35)28(36)37-24-17-23-29(3,4)30(24,5)31-18-19(2)21-15-10-11-16-22(21)32(23,31)38-31/h7-11,13-16,23-24,26-27,35H,2,6,12,17-18H2,1,3-5H3,(H,33,34)/t23?,24?,26-,27+,30?,31-,32+/m0/s1. The number of aliphatic hydroxyl groups excluding tert-OH is 1. The summed E-state index contributed by atoms with van der Waals surface area (Å²) in [6.07, 6.45) is 0.367. The van der Waals surface area contributed by atoms with E-state index in [0.29, 0.717) is 31.2 Å². The molecule has 6 nitrogen and oxygen atoms in total. The summed E-state index contributed by atoms with van der Waals surface area (Å²) < 4.78 is 13.0. The van der Waals surface area contributed by atoms with E-state index in [1.807, 2.05) is 31.2 Å². The van der Waals surface area contributed by atoms with Crippen molar-refractivity contribution in [3.63, 3.8) is 0 Å². The van der Waals surface area contributed by atoms with Gasteiger partial charge >= 0.3 is 5.97 Å². The van der Waals surface area contributed by atoms with Crippen molar-refractivity contribution in [2.24, 2.45) is 16.7 Å². The highest BCUT2D eigenvalue weighted by Crippen LogP contribution is 2.89. The molecule has 1 aliphatic heterocycles. The number of hydrogen-bond donors (Lipinski definition) is 2. The van der Waals surface area contributed by atoms with E-state index in [0.717, 1.165) is 5.57 Å². The number of aliphatic hydroxyl groups is 1. The molecule has 0 spiro atoms. The lowest BCUT2D eigenvalue weighted by Crippen LogP contribution is -2.53. The van der Waals surface area contributed by atoms with Gasteiger partial charge in [-0.1, -0.05) is 88.9 Å². The average Bonchev–Trinajstić information content (AvgIpc) is 3.53. The monoisotopic (exact) mass is 515 g/mol. The number of hydrogen-bond acceptors (Lipinski definition) is 5. The number of benzene rings is 2. The maximum absolute atomic E-state index is 13.5. The Morgan fingerprint density at radius 2 is 1.82 bits per heavy atom. The second-order valence-corrected chi connectivity index (χ2v) is 12.3. The molecule has 3 aliphatic carbocycles. The van der Waals surface area contributed by atoms with E-state index >= 15 is 0 Å². The summed E-state index contributed by atoms with van der Waals surface area (Å²) in [7, 11) is 0. The molecular weight excluding hydrogens is 478 g/mol. The van der Waals surface area contributed by atoms with Crippen LogP contribution in [-0.2, 0) is 24.7 Å². The van der Waals surface area contributed by atoms with E-state index in [1.54, 1.807) is 12.1 Å². The minimum Gasteiger partial charge on any atom is -0.460 e. The zero-order valence-electron chi connectivity index (χ0n) is 22.6. The van der Waals surface area contributed by atoms with Gasteiger partial charge in [0.1, 0.15) is 17.3 Å². The normalized spacial score (nSPS) is 34.9. The smallest absolute Gasteiger partial charge is 0.337 e. The van der Waals surface area contributed by atoms with Gasteiger partial charge in [0, 0.05) is 24.2 Å². The van der Waals surface area contributed by atoms with Crippen LogP contribution < -0.4 is 5.32 Å². The van der Waals surface area contributed by atoms with Crippen LogP contribution in [0.1, 0.15) is 76.1 Å². The first-order valence-corrected chi connectivity index (χ1v) is 13.8. The first kappa shape index (κ1) is 25.3. The summed E-state index contributed by atoms with van der Waals surface area (Å²) in [4.78, 5) is 26.0. The molecule has 2 N–H and O–H groups in total. The van der Waals surface area contributed by atoms with Gasteiger partial charge in [-0.25, -0.2) is 4.79 Å². The molecule has 6 heteroatoms. The first-order valence-electron chi connectivity index (χ1n) is 13.8. The van der Waals surface area contributed by atoms with Crippen molar-refractivity contribution in [3.8, 4) is 0 Å². The Hall–Kier alpha value is -2.96. The number of fused-ring (bicyclic) bond motifs is 3. The molecule has 3 unspecified atom stereocenters. The van der Waals surface area contributed by atoms with Crippen molar-refractivity contribution in [1.82, 2.24) is 5.32 Å². The van der Waals surface area contributed by atoms with Gasteiger partial charge in [-0.05, 0) is 40.5 Å². The third-order valence-corrected chi connectivity index (χ3v) is 10.5. The molecular formula is C32H37NO5. The number of epoxide rings is 1. The molecule has 0 aromatic heterocycles. The maximum atomic E-state index is 13.5. The predicted octanol–water partition coefficient (Wildman–Crippen LogP) is 5.06. The van der Waals surface area contributed by atoms with E-state index in [1.165, 1.54) is 11.1 Å². The lowest BCUT2D eigenvalue weighted by atomic mass is 9.59. The van der Waals surface area contributed by atoms with E-state index in [4.69, 9.17) is 9.47 Å². The molecule has 1 heterocycles. The van der Waals surface area contributed by atoms with Gasteiger partial charge in [0.15, 0.2) is 6.10 Å². The summed E-state index contributed by atoms with van der Waals surface area (Å²) in [6, 6.07) is 16.6. The quantitative estimate of drug-likeness (QED) is 0.397. The SMILES string of the molecule is C=C1C[C@@]23O[C@]2(c2ccccc21)C1CC(OC(=O)[C@H](O)[C@@H](NC(=O)CCC)c2ccccc2)C3(C)C1(C)C. The largest absolute Gasteiger partial charge is 0.460 e. The minimum absolute atomic E-state index is 0.151. The number of nitrogens with one attached hydrogen (secondary N) is 1. The summed E-state index contributed by atoms with van der Waals surface area (Å²) in [5.41, 5.74) is 2.52. The van der Waals surface area contributed by atoms with Crippen molar-refractivity contribution in [2.45, 2.75) is 82.8 Å². The molecule has 0 radical (unpaired) electrons. The summed E-state index contributed by atoms with van der Waals surface area (Å²) in [6.45, 7) is 13.0. The van der Waals surface area contributed by atoms with Gasteiger partial charge in [0.2, 0.25) is 5.91 Å². The molecule has 7 atom stereocenters. The summed E-state index contributed by atoms with van der Waals surface area (Å²) >= 11 is 0. The number of rotatable bonds is 7. The fourth-order valence-corrected chi connectivity index (χ4v) is 8.38. The predicted molar refractivity (Wildman–Crippen MR) is 144 cm³/mol. The Labute approximate surface area is 224 Å². The van der Waals surface area contributed by atoms with Gasteiger partial charge < -0.3 is 19.9 Å². The number of carbonyl (C=O) groups is 2. The second-order valence-electron chi connectivity index (χ2n) is 12.3. The molecule has 1 saturated heterocycles. The van der Waals surface area contributed by atoms with Crippen LogP contribution in [0.4, 0.5) is 0 Å². The highest BCUT2D eigenvalue weighted by atomic mass is 16.6. The Morgan fingerprint density at radius 3 is 2.53 bits per heavy atom. The first-order chi connectivity index (χ1) is 18.0. The van der Waals surface area contributed by atoms with Crippen molar-refractivity contribution in [2.75, 3.05) is 0 Å². The number of amides is 1. The van der Waals surface area contributed by atoms with E-state index < -0.39 is 40.8 Å². The van der Waals surface area contributed by atoms with Crippen molar-refractivity contribution in [1.29, 1.82) is 0 Å². The van der Waals surface area contributed by atoms with Gasteiger partial charge in [-0.3, -0.25) is 4.79 Å². The lowest BCUT2D eigenvalue weighted by Gasteiger charge is -2.45. The molecule has 1 amide bonds. The zero-order valence-corrected chi connectivity index (χ0v) is 22.6. The molecule has 6 rings (SSSR count). The average molecular weight is 516 g/mol. The van der Waals surface area contributed by atoms with Gasteiger partial charge in [-0.15, -0.1) is 0 Å². The number of esters is 1. The van der Waals surface area contributed by atoms with Gasteiger partial charge in [0.25, 0.3) is 0 Å². The highest BCUT2D eigenvalue weighted by molar-refractivity contribution is 5.81. The molecule has 200 valence electrons. The lowest BCUT2D eigenvalue weighted by molar-refractivity contribution is -0.172. The molecule has 2 aromatic rings. The second kappa shape index (κ2) is 8.27. The summed E-state index contributed by atoms with van der Waals surface area (Å²) in [5.74, 6) is -0.781. The van der Waals surface area contributed by atoms with Crippen molar-refractivity contribution >= 4 is 17.4 Å². The van der Waals surface area contributed by atoms with Crippen LogP contribution >= 0.6 is 0 Å². The zero-order chi connectivity index (χ0) is 27.1. The van der Waals surface area contributed by atoms with Gasteiger partial charge in [0.05, 0.1) is 6.04 Å². The molecule has 2 saturated carbocycles. The number of carbonyl (C=O) groups excluding carboxylic acids is 2. The number of ether oxygens (including phenoxy) is 2. The maximum Gasteiger partial charge on any atom is 0.337 e. The molecule has 38 heavy (non-hydrogen) atoms. The fraction of sp³-hybridized carbons (Fsp3) is 0.500. The molecule has 4 aliphatic rings. The topological polar surface area (TPSA) is 88.2 Å². The van der Waals surface area contributed by atoms with Gasteiger partial charge in [-0.2, -0.15) is 0 Å². The van der Waals surface area contributed by atoms with Crippen molar-refractivity contribution in [3.05, 3.63) is 77.9 Å². The van der Waals surface area contributed by atoms with Crippen LogP contribution in [0.2, 0.25) is 0 Å². The van der Waals surface area contributed by atoms with E-state index in [2.05, 4.69) is 50.9 Å². The van der Waals surface area contributed by atoms with Crippen molar-refractivity contribution < 1.29 is 24.2 Å². The van der Waals surface area contributed by atoms with E-state index in [-0.39, 0.29) is 17.2 Å². The Kier molecular flexibility index (Phi) is 5.51. The highest BCUT2D eigenvalue weighted by Gasteiger charge is 2.95. The van der Waals surface area contributed by atoms with Crippen LogP contribution in [-0.4, -0.2) is 34.8 Å².